The monoisotopic (exact) mass is 251 g/mol. The molecule has 5 heteroatoms. The molecule has 2 heterocycles. The average molecular weight is 251 g/mol. The molecule has 0 radical (unpaired) electrons. The third kappa shape index (κ3) is 3.11. The molecular formula is C13H21N3O2. The highest BCUT2D eigenvalue weighted by atomic mass is 16.4. The van der Waals surface area contributed by atoms with E-state index in [4.69, 9.17) is 4.42 Å². The molecule has 0 bridgehead atoms. The number of hydrogen-bond donors (Lipinski definition) is 1. The molecule has 0 spiro atoms. The van der Waals surface area contributed by atoms with E-state index in [-0.39, 0.29) is 5.91 Å². The first-order chi connectivity index (χ1) is 8.70. The zero-order valence-electron chi connectivity index (χ0n) is 11.1. The molecule has 1 N–H and O–H groups in total. The highest BCUT2D eigenvalue weighted by Gasteiger charge is 2.22. The van der Waals surface area contributed by atoms with E-state index in [9.17, 15) is 4.79 Å². The van der Waals surface area contributed by atoms with Gasteiger partial charge in [0, 0.05) is 26.2 Å². The maximum atomic E-state index is 12.2. The number of furan rings is 1. The number of nitrogens with one attached hydrogen (secondary N) is 1. The first-order valence-corrected chi connectivity index (χ1v) is 6.48. The molecule has 0 unspecified atom stereocenters. The van der Waals surface area contributed by atoms with E-state index < -0.39 is 0 Å². The molecule has 0 saturated carbocycles. The van der Waals surface area contributed by atoms with Crippen molar-refractivity contribution < 1.29 is 9.21 Å². The summed E-state index contributed by atoms with van der Waals surface area (Å²) in [6.07, 6.45) is 0. The molecule has 1 aromatic rings. The summed E-state index contributed by atoms with van der Waals surface area (Å²) in [5.74, 6) is 1.27. The number of amides is 1. The van der Waals surface area contributed by atoms with Crippen LogP contribution in [0.1, 0.15) is 23.2 Å². The third-order valence-electron chi connectivity index (χ3n) is 3.21. The van der Waals surface area contributed by atoms with Crippen LogP contribution >= 0.6 is 0 Å². The maximum absolute atomic E-state index is 12.2. The van der Waals surface area contributed by atoms with Gasteiger partial charge in [-0.1, -0.05) is 6.92 Å². The van der Waals surface area contributed by atoms with Crippen molar-refractivity contribution in [2.75, 3.05) is 39.8 Å². The molecule has 1 saturated heterocycles. The molecular weight excluding hydrogens is 230 g/mol. The van der Waals surface area contributed by atoms with Crippen LogP contribution in [0, 0.1) is 0 Å². The molecule has 1 aliphatic rings. The summed E-state index contributed by atoms with van der Waals surface area (Å²) in [5.41, 5.74) is 0. The molecule has 5 nitrogen and oxygen atoms in total. The molecule has 18 heavy (non-hydrogen) atoms. The highest BCUT2D eigenvalue weighted by molar-refractivity contribution is 5.91. The normalized spacial score (nSPS) is 17.1. The molecule has 0 aromatic carbocycles. The van der Waals surface area contributed by atoms with E-state index >= 15 is 0 Å². The van der Waals surface area contributed by atoms with Crippen molar-refractivity contribution in [3.8, 4) is 0 Å². The lowest BCUT2D eigenvalue weighted by molar-refractivity contribution is 0.0630. The highest BCUT2D eigenvalue weighted by Crippen LogP contribution is 2.12. The number of carbonyl (C=O) groups is 1. The van der Waals surface area contributed by atoms with E-state index in [1.54, 1.807) is 6.07 Å². The Morgan fingerprint density at radius 2 is 2.06 bits per heavy atom. The van der Waals surface area contributed by atoms with Gasteiger partial charge in [-0.15, -0.1) is 0 Å². The minimum atomic E-state index is 0.00542. The van der Waals surface area contributed by atoms with Crippen molar-refractivity contribution >= 4 is 5.91 Å². The Hall–Kier alpha value is -1.33. The number of hydrogen-bond acceptors (Lipinski definition) is 4. The fraction of sp³-hybridized carbons (Fsp3) is 0.615. The number of carbonyl (C=O) groups excluding carboxylic acids is 1. The number of piperazine rings is 1. The Labute approximate surface area is 108 Å². The van der Waals surface area contributed by atoms with Gasteiger partial charge in [-0.25, -0.2) is 0 Å². The van der Waals surface area contributed by atoms with Crippen molar-refractivity contribution in [1.29, 1.82) is 0 Å². The van der Waals surface area contributed by atoms with Crippen molar-refractivity contribution in [2.45, 2.75) is 13.5 Å². The van der Waals surface area contributed by atoms with E-state index in [1.165, 1.54) is 0 Å². The largest absolute Gasteiger partial charge is 0.455 e. The quantitative estimate of drug-likeness (QED) is 0.859. The predicted molar refractivity (Wildman–Crippen MR) is 69.5 cm³/mol. The molecule has 2 rings (SSSR count). The second-order valence-electron chi connectivity index (χ2n) is 4.64. The molecule has 100 valence electrons. The summed E-state index contributed by atoms with van der Waals surface area (Å²) in [4.78, 5) is 16.3. The van der Waals surface area contributed by atoms with Gasteiger partial charge in [0.2, 0.25) is 0 Å². The Morgan fingerprint density at radius 1 is 1.33 bits per heavy atom. The molecule has 1 aromatic heterocycles. The van der Waals surface area contributed by atoms with Gasteiger partial charge >= 0.3 is 0 Å². The molecule has 0 aliphatic carbocycles. The van der Waals surface area contributed by atoms with Gasteiger partial charge in [-0.2, -0.15) is 0 Å². The topological polar surface area (TPSA) is 48.7 Å². The molecule has 0 atom stereocenters. The number of rotatable bonds is 4. The van der Waals surface area contributed by atoms with Crippen LogP contribution in [-0.2, 0) is 6.54 Å². The predicted octanol–water partition coefficient (Wildman–Crippen LogP) is 0.777. The van der Waals surface area contributed by atoms with Crippen LogP contribution in [0.4, 0.5) is 0 Å². The van der Waals surface area contributed by atoms with Crippen LogP contribution < -0.4 is 5.32 Å². The standard InChI is InChI=1S/C13H21N3O2/c1-3-14-10-11-4-5-12(18-11)13(17)16-8-6-15(2)7-9-16/h4-5,14H,3,6-10H2,1-2H3. The maximum Gasteiger partial charge on any atom is 0.289 e. The van der Waals surface area contributed by atoms with Crippen molar-refractivity contribution in [3.05, 3.63) is 23.7 Å². The third-order valence-corrected chi connectivity index (χ3v) is 3.21. The minimum absolute atomic E-state index is 0.00542. The van der Waals surface area contributed by atoms with Crippen LogP contribution in [0.25, 0.3) is 0 Å². The lowest BCUT2D eigenvalue weighted by Crippen LogP contribution is -2.47. The van der Waals surface area contributed by atoms with Crippen molar-refractivity contribution in [1.82, 2.24) is 15.1 Å². The van der Waals surface area contributed by atoms with Gasteiger partial charge in [-0.3, -0.25) is 4.79 Å². The molecule has 1 aliphatic heterocycles. The minimum Gasteiger partial charge on any atom is -0.455 e. The van der Waals surface area contributed by atoms with E-state index in [2.05, 4.69) is 17.3 Å². The van der Waals surface area contributed by atoms with Crippen molar-refractivity contribution in [2.24, 2.45) is 0 Å². The summed E-state index contributed by atoms with van der Waals surface area (Å²) in [5, 5.41) is 3.18. The molecule has 1 amide bonds. The second kappa shape index (κ2) is 6.02. The zero-order chi connectivity index (χ0) is 13.0. The van der Waals surface area contributed by atoms with Crippen molar-refractivity contribution in [3.63, 3.8) is 0 Å². The Kier molecular flexibility index (Phi) is 4.38. The summed E-state index contributed by atoms with van der Waals surface area (Å²) in [7, 11) is 2.07. The first-order valence-electron chi connectivity index (χ1n) is 6.48. The van der Waals surface area contributed by atoms with Gasteiger partial charge in [-0.05, 0) is 25.7 Å². The fourth-order valence-corrected chi connectivity index (χ4v) is 2.00. The SMILES string of the molecule is CCNCc1ccc(C(=O)N2CCN(C)CC2)o1. The summed E-state index contributed by atoms with van der Waals surface area (Å²) >= 11 is 0. The van der Waals surface area contributed by atoms with Gasteiger partial charge in [0.05, 0.1) is 6.54 Å². The van der Waals surface area contributed by atoms with Crippen LogP contribution in [0.2, 0.25) is 0 Å². The summed E-state index contributed by atoms with van der Waals surface area (Å²) < 4.78 is 5.56. The Morgan fingerprint density at radius 3 is 2.72 bits per heavy atom. The zero-order valence-corrected chi connectivity index (χ0v) is 11.1. The van der Waals surface area contributed by atoms with Crippen LogP contribution in [0.5, 0.6) is 0 Å². The van der Waals surface area contributed by atoms with E-state index in [1.807, 2.05) is 17.9 Å². The summed E-state index contributed by atoms with van der Waals surface area (Å²) in [6.45, 7) is 7.01. The average Bonchev–Trinajstić information content (AvgIpc) is 2.85. The second-order valence-corrected chi connectivity index (χ2v) is 4.64. The Bertz CT molecular complexity index is 395. The number of likely N-dealkylation sites (N-methyl/N-ethyl adjacent to an activating group) is 1. The smallest absolute Gasteiger partial charge is 0.289 e. The van der Waals surface area contributed by atoms with E-state index in [0.717, 1.165) is 38.5 Å². The summed E-state index contributed by atoms with van der Waals surface area (Å²) in [6, 6.07) is 3.64. The Balaban J connectivity index is 1.94. The first kappa shape index (κ1) is 13.1. The van der Waals surface area contributed by atoms with Gasteiger partial charge in [0.1, 0.15) is 5.76 Å². The van der Waals surface area contributed by atoms with E-state index in [0.29, 0.717) is 12.3 Å². The number of nitrogens with zero attached hydrogens (tertiary/aromatic N) is 2. The van der Waals surface area contributed by atoms with Gasteiger partial charge < -0.3 is 19.5 Å². The molecule has 1 fully saturated rings. The fourth-order valence-electron chi connectivity index (χ4n) is 2.00. The lowest BCUT2D eigenvalue weighted by atomic mass is 10.3. The lowest BCUT2D eigenvalue weighted by Gasteiger charge is -2.31. The van der Waals surface area contributed by atoms with Gasteiger partial charge in [0.15, 0.2) is 5.76 Å². The van der Waals surface area contributed by atoms with Crippen LogP contribution in [0.15, 0.2) is 16.5 Å². The van der Waals surface area contributed by atoms with Gasteiger partial charge in [0.25, 0.3) is 5.91 Å². The van der Waals surface area contributed by atoms with Crippen LogP contribution in [-0.4, -0.2) is 55.5 Å². The van der Waals surface area contributed by atoms with Crippen LogP contribution in [0.3, 0.4) is 0 Å².